The maximum absolute atomic E-state index is 12.6. The first-order valence-corrected chi connectivity index (χ1v) is 16.3. The summed E-state index contributed by atoms with van der Waals surface area (Å²) in [4.78, 5) is 26.8. The molecule has 1 aliphatic carbocycles. The fourth-order valence-electron chi connectivity index (χ4n) is 5.32. The summed E-state index contributed by atoms with van der Waals surface area (Å²) in [6.07, 6.45) is 3.05. The lowest BCUT2D eigenvalue weighted by Gasteiger charge is -2.26. The number of hydrogen-bond acceptors (Lipinski definition) is 10. The third-order valence-electron chi connectivity index (χ3n) is 7.77. The average molecular weight is 631 g/mol. The first kappa shape index (κ1) is 34.6. The van der Waals surface area contributed by atoms with E-state index < -0.39 is 0 Å². The van der Waals surface area contributed by atoms with E-state index >= 15 is 0 Å². The summed E-state index contributed by atoms with van der Waals surface area (Å²) in [5, 5.41) is 16.2. The lowest BCUT2D eigenvalue weighted by atomic mass is 10.0. The van der Waals surface area contributed by atoms with E-state index in [-0.39, 0.29) is 30.4 Å². The quantitative estimate of drug-likeness (QED) is 0.161. The Morgan fingerprint density at radius 1 is 0.956 bits per heavy atom. The maximum Gasteiger partial charge on any atom is 0.407 e. The third kappa shape index (κ3) is 13.3. The monoisotopic (exact) mass is 630 g/mol. The van der Waals surface area contributed by atoms with Crippen LogP contribution in [0.2, 0.25) is 0 Å². The first-order valence-electron chi connectivity index (χ1n) is 16.3. The van der Waals surface area contributed by atoms with Gasteiger partial charge in [-0.05, 0) is 43.4 Å². The molecule has 4 rings (SSSR count). The molecule has 2 heterocycles. The van der Waals surface area contributed by atoms with Gasteiger partial charge in [0.15, 0.2) is 5.82 Å². The lowest BCUT2D eigenvalue weighted by molar-refractivity contribution is -0.115. The van der Waals surface area contributed by atoms with Crippen molar-refractivity contribution in [3.05, 3.63) is 41.6 Å². The number of rotatable bonds is 20. The minimum Gasteiger partial charge on any atom is -0.491 e. The number of ether oxygens (including phenoxy) is 5. The number of aromatic nitrogens is 2. The van der Waals surface area contributed by atoms with Crippen molar-refractivity contribution in [2.75, 3.05) is 90.8 Å². The van der Waals surface area contributed by atoms with Gasteiger partial charge < -0.3 is 39.6 Å². The van der Waals surface area contributed by atoms with Crippen LogP contribution in [0.5, 0.6) is 5.75 Å². The van der Waals surface area contributed by atoms with E-state index in [0.717, 1.165) is 82.0 Å². The number of hydrogen-bond donors (Lipinski definition) is 4. The van der Waals surface area contributed by atoms with Gasteiger partial charge in [0.05, 0.1) is 46.1 Å². The molecule has 1 saturated heterocycles. The number of nitrogens with zero attached hydrogens (tertiary/aromatic N) is 2. The van der Waals surface area contributed by atoms with Crippen LogP contribution in [-0.2, 0) is 30.2 Å². The predicted octanol–water partition coefficient (Wildman–Crippen LogP) is 2.70. The second kappa shape index (κ2) is 20.0. The number of anilines is 1. The number of alkyl carbamates (subject to hydrolysis) is 1. The average Bonchev–Trinajstić information content (AvgIpc) is 3.71. The van der Waals surface area contributed by atoms with Gasteiger partial charge in [-0.3, -0.25) is 14.8 Å². The molecule has 1 unspecified atom stereocenters. The highest BCUT2D eigenvalue weighted by Gasteiger charge is 2.30. The van der Waals surface area contributed by atoms with E-state index in [2.05, 4.69) is 31.0 Å². The molecule has 1 aliphatic heterocycles. The number of H-pyrrole nitrogens is 1. The standard InChI is InChI=1S/C32H50N6O7/c1-2-9-34-32(40)45-28-8-5-26(23-28)29-24-30(37-36-29)35-31(39)22-25-3-6-27(7-4-25)44-21-20-43-19-18-42-17-16-41-15-14-38-12-10-33-11-13-38/h3-4,6-7,24,26,28,33H,2,5,8-23H2,1H3,(H,34,40)(H2,35,36,37,39)/t26?,28-/m0/s1. The van der Waals surface area contributed by atoms with Crippen molar-refractivity contribution in [1.29, 1.82) is 0 Å². The van der Waals surface area contributed by atoms with Gasteiger partial charge in [0.25, 0.3) is 0 Å². The number of carbonyl (C=O) groups excluding carboxylic acids is 2. The minimum absolute atomic E-state index is 0.111. The van der Waals surface area contributed by atoms with Gasteiger partial charge in [-0.25, -0.2) is 4.79 Å². The van der Waals surface area contributed by atoms with Crippen LogP contribution in [0.25, 0.3) is 0 Å². The summed E-state index contributed by atoms with van der Waals surface area (Å²) in [6.45, 7) is 11.7. The molecule has 1 saturated carbocycles. The molecule has 0 radical (unpaired) electrons. The van der Waals surface area contributed by atoms with Crippen LogP contribution in [0.3, 0.4) is 0 Å². The van der Waals surface area contributed by atoms with Gasteiger partial charge >= 0.3 is 6.09 Å². The predicted molar refractivity (Wildman–Crippen MR) is 170 cm³/mol. The molecule has 1 aromatic carbocycles. The zero-order valence-corrected chi connectivity index (χ0v) is 26.5. The summed E-state index contributed by atoms with van der Waals surface area (Å²) >= 11 is 0. The van der Waals surface area contributed by atoms with Gasteiger partial charge in [0, 0.05) is 56.9 Å². The maximum atomic E-state index is 12.6. The molecule has 13 heteroatoms. The molecule has 0 spiro atoms. The van der Waals surface area contributed by atoms with Crippen molar-refractivity contribution in [3.63, 3.8) is 0 Å². The van der Waals surface area contributed by atoms with Gasteiger partial charge in [-0.15, -0.1) is 0 Å². The number of aromatic amines is 1. The molecule has 45 heavy (non-hydrogen) atoms. The molecular formula is C32H50N6O7. The highest BCUT2D eigenvalue weighted by molar-refractivity contribution is 5.91. The summed E-state index contributed by atoms with van der Waals surface area (Å²) in [7, 11) is 0. The van der Waals surface area contributed by atoms with Crippen LogP contribution in [0.1, 0.15) is 49.8 Å². The Labute approximate surface area is 266 Å². The smallest absolute Gasteiger partial charge is 0.407 e. The summed E-state index contributed by atoms with van der Waals surface area (Å²) < 4.78 is 28.0. The van der Waals surface area contributed by atoms with Gasteiger partial charge in [0.1, 0.15) is 18.5 Å². The molecule has 2 fully saturated rings. The van der Waals surface area contributed by atoms with Crippen molar-refractivity contribution >= 4 is 17.8 Å². The van der Waals surface area contributed by atoms with Crippen molar-refractivity contribution in [1.82, 2.24) is 25.7 Å². The van der Waals surface area contributed by atoms with Crippen LogP contribution < -0.4 is 20.7 Å². The molecule has 13 nitrogen and oxygen atoms in total. The second-order valence-electron chi connectivity index (χ2n) is 11.3. The number of benzene rings is 1. The fraction of sp³-hybridized carbons (Fsp3) is 0.656. The number of piperazine rings is 1. The third-order valence-corrected chi connectivity index (χ3v) is 7.77. The number of nitrogens with one attached hydrogen (secondary N) is 4. The van der Waals surface area contributed by atoms with Gasteiger partial charge in [0.2, 0.25) is 5.91 Å². The van der Waals surface area contributed by atoms with E-state index in [4.69, 9.17) is 23.7 Å². The molecule has 2 atom stereocenters. The van der Waals surface area contributed by atoms with Crippen LogP contribution in [0, 0.1) is 0 Å². The molecule has 2 amide bonds. The zero-order chi connectivity index (χ0) is 31.5. The lowest BCUT2D eigenvalue weighted by Crippen LogP contribution is -2.44. The summed E-state index contributed by atoms with van der Waals surface area (Å²) in [5.74, 6) is 1.26. The topological polar surface area (TPSA) is 148 Å². The highest BCUT2D eigenvalue weighted by Crippen LogP contribution is 2.35. The Morgan fingerprint density at radius 2 is 1.67 bits per heavy atom. The highest BCUT2D eigenvalue weighted by atomic mass is 16.6. The first-order chi connectivity index (χ1) is 22.1. The minimum atomic E-state index is -0.361. The molecule has 1 aromatic heterocycles. The fourth-order valence-corrected chi connectivity index (χ4v) is 5.32. The Morgan fingerprint density at radius 3 is 2.40 bits per heavy atom. The number of amides is 2. The van der Waals surface area contributed by atoms with E-state index in [9.17, 15) is 9.59 Å². The van der Waals surface area contributed by atoms with Crippen LogP contribution in [0.4, 0.5) is 10.6 Å². The second-order valence-corrected chi connectivity index (χ2v) is 11.3. The Balaban J connectivity index is 1.00. The molecule has 2 aliphatic rings. The van der Waals surface area contributed by atoms with E-state index in [1.165, 1.54) is 0 Å². The Bertz CT molecular complexity index is 1130. The van der Waals surface area contributed by atoms with Crippen molar-refractivity contribution < 1.29 is 33.3 Å². The molecule has 250 valence electrons. The van der Waals surface area contributed by atoms with Crippen molar-refractivity contribution in [2.45, 2.75) is 51.0 Å². The van der Waals surface area contributed by atoms with E-state index in [1.807, 2.05) is 37.3 Å². The van der Waals surface area contributed by atoms with Gasteiger partial charge in [-0.2, -0.15) is 5.10 Å². The van der Waals surface area contributed by atoms with Crippen molar-refractivity contribution in [3.8, 4) is 5.75 Å². The normalized spacial score (nSPS) is 18.5. The van der Waals surface area contributed by atoms with Crippen LogP contribution in [0.15, 0.2) is 30.3 Å². The van der Waals surface area contributed by atoms with Crippen LogP contribution in [-0.4, -0.2) is 119 Å². The SMILES string of the molecule is CCCNC(=O)O[C@H]1CCC(c2cc(NC(=O)Cc3ccc(OCCOCCOCCOCCN4CCNCC4)cc3)n[nH]2)C1. The Kier molecular flexibility index (Phi) is 15.4. The molecular weight excluding hydrogens is 580 g/mol. The largest absolute Gasteiger partial charge is 0.491 e. The van der Waals surface area contributed by atoms with Crippen molar-refractivity contribution in [2.24, 2.45) is 0 Å². The van der Waals surface area contributed by atoms with Crippen LogP contribution >= 0.6 is 0 Å². The molecule has 4 N–H and O–H groups in total. The Hall–Kier alpha value is -3.23. The summed E-state index contributed by atoms with van der Waals surface area (Å²) in [6, 6.07) is 9.31. The van der Waals surface area contributed by atoms with E-state index in [1.54, 1.807) is 0 Å². The van der Waals surface area contributed by atoms with E-state index in [0.29, 0.717) is 52.0 Å². The zero-order valence-electron chi connectivity index (χ0n) is 26.5. The molecule has 2 aromatic rings. The van der Waals surface area contributed by atoms with Gasteiger partial charge in [-0.1, -0.05) is 19.1 Å². The summed E-state index contributed by atoms with van der Waals surface area (Å²) in [5.41, 5.74) is 1.80. The molecule has 0 bridgehead atoms. The number of carbonyl (C=O) groups is 2.